The summed E-state index contributed by atoms with van der Waals surface area (Å²) in [4.78, 5) is 38.8. The van der Waals surface area contributed by atoms with E-state index < -0.39 is 0 Å². The third kappa shape index (κ3) is 5.33. The van der Waals surface area contributed by atoms with Crippen molar-refractivity contribution in [2.75, 3.05) is 37.5 Å². The second kappa shape index (κ2) is 10.6. The van der Waals surface area contributed by atoms with E-state index in [-0.39, 0.29) is 30.0 Å². The van der Waals surface area contributed by atoms with Crippen molar-refractivity contribution < 1.29 is 23.9 Å². The van der Waals surface area contributed by atoms with Crippen molar-refractivity contribution in [3.8, 4) is 5.75 Å². The Morgan fingerprint density at radius 3 is 2.22 bits per heavy atom. The first-order valence-corrected chi connectivity index (χ1v) is 10.4. The highest BCUT2D eigenvalue weighted by Crippen LogP contribution is 2.31. The minimum Gasteiger partial charge on any atom is -0.494 e. The van der Waals surface area contributed by atoms with Gasteiger partial charge in [-0.2, -0.15) is 0 Å². The number of benzene rings is 2. The molecule has 1 heterocycles. The molecule has 3 amide bonds. The lowest BCUT2D eigenvalue weighted by Gasteiger charge is -2.15. The zero-order chi connectivity index (χ0) is 23.1. The van der Waals surface area contributed by atoms with E-state index in [4.69, 9.17) is 9.47 Å². The first kappa shape index (κ1) is 23.0. The predicted molar refractivity (Wildman–Crippen MR) is 122 cm³/mol. The Morgan fingerprint density at radius 2 is 1.62 bits per heavy atom. The van der Waals surface area contributed by atoms with Gasteiger partial charge in [0.2, 0.25) is 5.91 Å². The van der Waals surface area contributed by atoms with Gasteiger partial charge in [-0.25, -0.2) is 0 Å². The van der Waals surface area contributed by atoms with Gasteiger partial charge in [0, 0.05) is 38.6 Å². The second-order valence-corrected chi connectivity index (χ2v) is 7.20. The van der Waals surface area contributed by atoms with Gasteiger partial charge in [0.1, 0.15) is 11.4 Å². The summed E-state index contributed by atoms with van der Waals surface area (Å²) in [7, 11) is 1.58. The van der Waals surface area contributed by atoms with Gasteiger partial charge >= 0.3 is 0 Å². The lowest BCUT2D eigenvalue weighted by molar-refractivity contribution is -0.137. The fourth-order valence-corrected chi connectivity index (χ4v) is 3.40. The maximum Gasteiger partial charge on any atom is 0.278 e. The first-order chi connectivity index (χ1) is 15.4. The van der Waals surface area contributed by atoms with Crippen LogP contribution in [0, 0.1) is 0 Å². The van der Waals surface area contributed by atoms with Gasteiger partial charge in [-0.05, 0) is 55.3 Å². The highest BCUT2D eigenvalue weighted by molar-refractivity contribution is 6.36. The van der Waals surface area contributed by atoms with Crippen molar-refractivity contribution in [2.24, 2.45) is 0 Å². The van der Waals surface area contributed by atoms with Crippen molar-refractivity contribution in [3.63, 3.8) is 0 Å². The predicted octanol–water partition coefficient (Wildman–Crippen LogP) is 3.27. The van der Waals surface area contributed by atoms with Crippen LogP contribution in [0.25, 0.3) is 5.57 Å². The Labute approximate surface area is 187 Å². The number of hydrogen-bond donors (Lipinski definition) is 2. The molecule has 0 unspecified atom stereocenters. The molecule has 0 bridgehead atoms. The number of methoxy groups -OCH3 is 1. The van der Waals surface area contributed by atoms with Gasteiger partial charge in [0.05, 0.1) is 12.2 Å². The van der Waals surface area contributed by atoms with Crippen molar-refractivity contribution in [2.45, 2.75) is 20.3 Å². The molecule has 0 spiro atoms. The molecule has 1 aliphatic heterocycles. The van der Waals surface area contributed by atoms with Crippen LogP contribution in [0.5, 0.6) is 5.75 Å². The lowest BCUT2D eigenvalue weighted by atomic mass is 10.0. The largest absolute Gasteiger partial charge is 0.494 e. The number of rotatable bonds is 10. The summed E-state index contributed by atoms with van der Waals surface area (Å²) in [6.07, 6.45) is 0.545. The Hall–Kier alpha value is -3.65. The number of amides is 3. The topological polar surface area (TPSA) is 97.0 Å². The monoisotopic (exact) mass is 437 g/mol. The maximum absolute atomic E-state index is 13.2. The van der Waals surface area contributed by atoms with E-state index in [9.17, 15) is 14.4 Å². The fourth-order valence-electron chi connectivity index (χ4n) is 3.40. The number of ether oxygens (including phenoxy) is 2. The zero-order valence-electron chi connectivity index (χ0n) is 18.4. The smallest absolute Gasteiger partial charge is 0.278 e. The highest BCUT2D eigenvalue weighted by Gasteiger charge is 2.38. The number of imide groups is 1. The molecule has 2 N–H and O–H groups in total. The van der Waals surface area contributed by atoms with Crippen molar-refractivity contribution in [1.82, 2.24) is 4.90 Å². The van der Waals surface area contributed by atoms with Gasteiger partial charge in [-0.1, -0.05) is 12.1 Å². The van der Waals surface area contributed by atoms with Gasteiger partial charge in [0.25, 0.3) is 11.8 Å². The standard InChI is InChI=1S/C24H27N3O5/c1-4-32-20-12-6-17(7-13-20)21-22(24(30)27(23(21)29)14-5-15-31-3)26-19-10-8-18(9-11-19)25-16(2)28/h6-13,26H,4-5,14-15H2,1-3H3,(H,25,28). The summed E-state index contributed by atoms with van der Waals surface area (Å²) in [6.45, 7) is 4.57. The van der Waals surface area contributed by atoms with Crippen LogP contribution in [0.15, 0.2) is 54.2 Å². The Balaban J connectivity index is 1.92. The van der Waals surface area contributed by atoms with Gasteiger partial charge in [-0.3, -0.25) is 19.3 Å². The number of anilines is 2. The molecule has 8 heteroatoms. The summed E-state index contributed by atoms with van der Waals surface area (Å²) in [5.74, 6) is -0.225. The molecule has 2 aromatic rings. The lowest BCUT2D eigenvalue weighted by Crippen LogP contribution is -2.33. The molecule has 0 aliphatic carbocycles. The number of nitrogens with zero attached hydrogens (tertiary/aromatic N) is 1. The third-order valence-corrected chi connectivity index (χ3v) is 4.83. The summed E-state index contributed by atoms with van der Waals surface area (Å²) in [6, 6.07) is 14.0. The first-order valence-electron chi connectivity index (χ1n) is 10.4. The summed E-state index contributed by atoms with van der Waals surface area (Å²) in [5.41, 5.74) is 2.40. The number of carbonyl (C=O) groups is 3. The molecule has 0 fully saturated rings. The van der Waals surface area contributed by atoms with E-state index >= 15 is 0 Å². The van der Waals surface area contributed by atoms with Crippen LogP contribution in [-0.2, 0) is 19.1 Å². The second-order valence-electron chi connectivity index (χ2n) is 7.20. The van der Waals surface area contributed by atoms with Gasteiger partial charge < -0.3 is 20.1 Å². The minimum atomic E-state index is -0.388. The molecule has 3 rings (SSSR count). The van der Waals surface area contributed by atoms with E-state index in [2.05, 4.69) is 10.6 Å². The van der Waals surface area contributed by atoms with Gasteiger partial charge in [-0.15, -0.1) is 0 Å². The summed E-state index contributed by atoms with van der Waals surface area (Å²) in [5, 5.41) is 5.80. The molecule has 0 radical (unpaired) electrons. The number of carbonyl (C=O) groups excluding carboxylic acids is 3. The normalized spacial score (nSPS) is 13.5. The third-order valence-electron chi connectivity index (χ3n) is 4.83. The molecular weight excluding hydrogens is 410 g/mol. The van der Waals surface area contributed by atoms with E-state index in [1.165, 1.54) is 11.8 Å². The van der Waals surface area contributed by atoms with Crippen molar-refractivity contribution in [1.29, 1.82) is 0 Å². The molecule has 1 aliphatic rings. The molecular formula is C24H27N3O5. The Bertz CT molecular complexity index is 1010. The maximum atomic E-state index is 13.2. The number of nitrogens with one attached hydrogen (secondary N) is 2. The zero-order valence-corrected chi connectivity index (χ0v) is 18.4. The highest BCUT2D eigenvalue weighted by atomic mass is 16.5. The van der Waals surface area contributed by atoms with Crippen LogP contribution in [0.4, 0.5) is 11.4 Å². The molecule has 0 saturated carbocycles. The summed E-state index contributed by atoms with van der Waals surface area (Å²) >= 11 is 0. The molecule has 0 saturated heterocycles. The van der Waals surface area contributed by atoms with E-state index in [1.807, 2.05) is 6.92 Å². The van der Waals surface area contributed by atoms with Crippen LogP contribution in [-0.4, -0.2) is 49.5 Å². The molecule has 0 atom stereocenters. The molecule has 32 heavy (non-hydrogen) atoms. The van der Waals surface area contributed by atoms with E-state index in [1.54, 1.807) is 55.6 Å². The summed E-state index contributed by atoms with van der Waals surface area (Å²) < 4.78 is 10.5. The van der Waals surface area contributed by atoms with Crippen LogP contribution in [0.2, 0.25) is 0 Å². The Morgan fingerprint density at radius 1 is 0.969 bits per heavy atom. The average Bonchev–Trinajstić information content (AvgIpc) is 3.00. The molecule has 8 nitrogen and oxygen atoms in total. The quantitative estimate of drug-likeness (QED) is 0.437. The van der Waals surface area contributed by atoms with Crippen LogP contribution in [0.3, 0.4) is 0 Å². The van der Waals surface area contributed by atoms with E-state index in [0.29, 0.717) is 47.9 Å². The van der Waals surface area contributed by atoms with Crippen LogP contribution in [0.1, 0.15) is 25.8 Å². The van der Waals surface area contributed by atoms with Crippen molar-refractivity contribution in [3.05, 3.63) is 59.8 Å². The average molecular weight is 437 g/mol. The molecule has 2 aromatic carbocycles. The molecule has 0 aromatic heterocycles. The molecule has 168 valence electrons. The van der Waals surface area contributed by atoms with Crippen LogP contribution >= 0.6 is 0 Å². The van der Waals surface area contributed by atoms with Crippen molar-refractivity contribution >= 4 is 34.7 Å². The SMILES string of the molecule is CCOc1ccc(C2=C(Nc3ccc(NC(C)=O)cc3)C(=O)N(CCCOC)C2=O)cc1. The number of hydrogen-bond acceptors (Lipinski definition) is 6. The van der Waals surface area contributed by atoms with Crippen LogP contribution < -0.4 is 15.4 Å². The van der Waals surface area contributed by atoms with E-state index in [0.717, 1.165) is 0 Å². The minimum absolute atomic E-state index is 0.172. The fraction of sp³-hybridized carbons (Fsp3) is 0.292. The van der Waals surface area contributed by atoms with Gasteiger partial charge in [0.15, 0.2) is 0 Å². The Kier molecular flexibility index (Phi) is 7.62.